The van der Waals surface area contributed by atoms with Gasteiger partial charge in [0.25, 0.3) is 0 Å². The number of amides is 2. The number of hydrogen-bond donors (Lipinski definition) is 4. The predicted molar refractivity (Wildman–Crippen MR) is 67.0 cm³/mol. The van der Waals surface area contributed by atoms with E-state index in [0.29, 0.717) is 0 Å². The van der Waals surface area contributed by atoms with Crippen molar-refractivity contribution in [2.24, 2.45) is 0 Å². The molecule has 0 aliphatic carbocycles. The van der Waals surface area contributed by atoms with E-state index >= 15 is 0 Å². The van der Waals surface area contributed by atoms with E-state index in [0.717, 1.165) is 0 Å². The van der Waals surface area contributed by atoms with Crippen LogP contribution in [0, 0.1) is 0 Å². The van der Waals surface area contributed by atoms with Crippen LogP contribution in [0.5, 0.6) is 0 Å². The summed E-state index contributed by atoms with van der Waals surface area (Å²) >= 11 is 0. The van der Waals surface area contributed by atoms with Crippen molar-refractivity contribution in [2.45, 2.75) is 31.3 Å². The van der Waals surface area contributed by atoms with Gasteiger partial charge >= 0.3 is 18.0 Å². The summed E-state index contributed by atoms with van der Waals surface area (Å²) in [4.78, 5) is 32.8. The fourth-order valence-electron chi connectivity index (χ4n) is 1.79. The molecular formula is C10H16N2O7S. The first-order chi connectivity index (χ1) is 9.19. The zero-order valence-corrected chi connectivity index (χ0v) is 11.4. The molecule has 2 amide bonds. The zero-order valence-electron chi connectivity index (χ0n) is 10.5. The van der Waals surface area contributed by atoms with E-state index in [2.05, 4.69) is 5.32 Å². The molecule has 10 heteroatoms. The van der Waals surface area contributed by atoms with Crippen molar-refractivity contribution in [3.05, 3.63) is 0 Å². The van der Waals surface area contributed by atoms with Gasteiger partial charge in [-0.2, -0.15) is 0 Å². The van der Waals surface area contributed by atoms with E-state index in [1.807, 2.05) is 5.32 Å². The normalized spacial score (nSPS) is 19.8. The van der Waals surface area contributed by atoms with Crippen molar-refractivity contribution >= 4 is 27.8 Å². The van der Waals surface area contributed by atoms with E-state index in [9.17, 15) is 22.8 Å². The molecule has 0 aromatic heterocycles. The Labute approximate surface area is 115 Å². The number of carboxylic acids is 2. The van der Waals surface area contributed by atoms with Crippen molar-refractivity contribution in [3.8, 4) is 0 Å². The van der Waals surface area contributed by atoms with Gasteiger partial charge < -0.3 is 20.8 Å². The van der Waals surface area contributed by atoms with Crippen molar-refractivity contribution in [2.75, 3.05) is 11.5 Å². The quantitative estimate of drug-likeness (QED) is 0.497. The highest BCUT2D eigenvalue weighted by Crippen LogP contribution is 2.11. The van der Waals surface area contributed by atoms with Gasteiger partial charge in [0.15, 0.2) is 0 Å². The highest BCUT2D eigenvalue weighted by atomic mass is 32.2. The van der Waals surface area contributed by atoms with Gasteiger partial charge in [-0.1, -0.05) is 0 Å². The van der Waals surface area contributed by atoms with Crippen molar-refractivity contribution in [3.63, 3.8) is 0 Å². The molecule has 1 heterocycles. The number of carboxylic acid groups (broad SMARTS) is 2. The third-order valence-corrected chi connectivity index (χ3v) is 4.59. The molecule has 0 radical (unpaired) electrons. The van der Waals surface area contributed by atoms with Gasteiger partial charge in [0, 0.05) is 6.04 Å². The van der Waals surface area contributed by atoms with Gasteiger partial charge in [-0.05, 0) is 12.8 Å². The Balaban J connectivity index is 2.46. The average molecular weight is 308 g/mol. The van der Waals surface area contributed by atoms with Gasteiger partial charge in [-0.25, -0.2) is 18.0 Å². The zero-order chi connectivity index (χ0) is 15.3. The van der Waals surface area contributed by atoms with Crippen molar-refractivity contribution in [1.82, 2.24) is 10.6 Å². The second kappa shape index (κ2) is 6.55. The fourth-order valence-corrected chi connectivity index (χ4v) is 3.29. The monoisotopic (exact) mass is 308 g/mol. The molecule has 4 N–H and O–H groups in total. The molecule has 1 rings (SSSR count). The minimum Gasteiger partial charge on any atom is -0.481 e. The molecule has 1 unspecified atom stereocenters. The first-order valence-electron chi connectivity index (χ1n) is 5.91. The van der Waals surface area contributed by atoms with Crippen LogP contribution in [0.2, 0.25) is 0 Å². The lowest BCUT2D eigenvalue weighted by atomic mass is 10.1. The van der Waals surface area contributed by atoms with Crippen LogP contribution in [0.4, 0.5) is 4.79 Å². The van der Waals surface area contributed by atoms with Gasteiger partial charge in [0.2, 0.25) is 0 Å². The van der Waals surface area contributed by atoms with E-state index in [1.165, 1.54) is 0 Å². The Bertz CT molecular complexity index is 488. The average Bonchev–Trinajstić information content (AvgIpc) is 2.30. The number of aliphatic carboxylic acids is 2. The van der Waals surface area contributed by atoms with E-state index in [-0.39, 0.29) is 30.4 Å². The minimum atomic E-state index is -3.05. The summed E-state index contributed by atoms with van der Waals surface area (Å²) in [5.41, 5.74) is 0. The second-order valence-corrected chi connectivity index (χ2v) is 6.84. The largest absolute Gasteiger partial charge is 0.481 e. The Morgan fingerprint density at radius 1 is 1.15 bits per heavy atom. The number of urea groups is 1. The summed E-state index contributed by atoms with van der Waals surface area (Å²) in [6, 6.07) is -2.71. The summed E-state index contributed by atoms with van der Waals surface area (Å²) in [6.45, 7) is 0. The van der Waals surface area contributed by atoms with Crippen LogP contribution in [-0.4, -0.2) is 60.2 Å². The standard InChI is InChI=1S/C10H16N2O7S/c13-8(14)5-7(9(15)16)12-10(17)11-6-1-3-20(18,19)4-2-6/h6-7H,1-5H2,(H,13,14)(H,15,16)(H2,11,12,17). The molecule has 0 bridgehead atoms. The topological polar surface area (TPSA) is 150 Å². The molecule has 1 aliphatic heterocycles. The molecule has 1 atom stereocenters. The molecule has 20 heavy (non-hydrogen) atoms. The highest BCUT2D eigenvalue weighted by Gasteiger charge is 2.27. The molecule has 0 spiro atoms. The summed E-state index contributed by atoms with van der Waals surface area (Å²) < 4.78 is 22.4. The molecule has 0 aromatic rings. The van der Waals surface area contributed by atoms with Crippen LogP contribution >= 0.6 is 0 Å². The molecule has 0 saturated carbocycles. The first-order valence-corrected chi connectivity index (χ1v) is 7.74. The summed E-state index contributed by atoms with van der Waals surface area (Å²) in [5, 5.41) is 21.8. The predicted octanol–water partition coefficient (Wildman–Crippen LogP) is -1.21. The summed E-state index contributed by atoms with van der Waals surface area (Å²) in [5.74, 6) is -2.86. The van der Waals surface area contributed by atoms with Crippen LogP contribution in [0.1, 0.15) is 19.3 Å². The Hall–Kier alpha value is -1.84. The van der Waals surface area contributed by atoms with Gasteiger partial charge in [-0.15, -0.1) is 0 Å². The maximum absolute atomic E-state index is 11.5. The molecule has 114 valence electrons. The van der Waals surface area contributed by atoms with Crippen LogP contribution in [-0.2, 0) is 19.4 Å². The third-order valence-electron chi connectivity index (χ3n) is 2.87. The SMILES string of the molecule is O=C(O)CC(NC(=O)NC1CCS(=O)(=O)CC1)C(=O)O. The summed E-state index contributed by atoms with van der Waals surface area (Å²) in [6.07, 6.45) is -0.222. The number of rotatable bonds is 5. The van der Waals surface area contributed by atoms with Crippen LogP contribution < -0.4 is 10.6 Å². The number of sulfone groups is 1. The minimum absolute atomic E-state index is 0.0323. The van der Waals surface area contributed by atoms with Gasteiger partial charge in [0.1, 0.15) is 15.9 Å². The van der Waals surface area contributed by atoms with Gasteiger partial charge in [-0.3, -0.25) is 4.79 Å². The molecule has 9 nitrogen and oxygen atoms in total. The number of nitrogens with one attached hydrogen (secondary N) is 2. The first kappa shape index (κ1) is 16.2. The molecular weight excluding hydrogens is 292 g/mol. The lowest BCUT2D eigenvalue weighted by Crippen LogP contribution is -2.51. The molecule has 1 saturated heterocycles. The van der Waals surface area contributed by atoms with E-state index in [1.54, 1.807) is 0 Å². The van der Waals surface area contributed by atoms with Gasteiger partial charge in [0.05, 0.1) is 17.9 Å². The maximum Gasteiger partial charge on any atom is 0.326 e. The number of hydrogen-bond acceptors (Lipinski definition) is 5. The van der Waals surface area contributed by atoms with Crippen LogP contribution in [0.25, 0.3) is 0 Å². The Morgan fingerprint density at radius 2 is 1.70 bits per heavy atom. The smallest absolute Gasteiger partial charge is 0.326 e. The lowest BCUT2D eigenvalue weighted by molar-refractivity contribution is -0.145. The second-order valence-electron chi connectivity index (χ2n) is 4.53. The summed E-state index contributed by atoms with van der Waals surface area (Å²) in [7, 11) is -3.05. The number of carbonyl (C=O) groups is 3. The van der Waals surface area contributed by atoms with Crippen LogP contribution in [0.3, 0.4) is 0 Å². The van der Waals surface area contributed by atoms with Crippen molar-refractivity contribution < 1.29 is 33.0 Å². The molecule has 1 fully saturated rings. The Morgan fingerprint density at radius 3 is 2.15 bits per heavy atom. The van der Waals surface area contributed by atoms with E-state index in [4.69, 9.17) is 10.2 Å². The third kappa shape index (κ3) is 5.43. The molecule has 1 aliphatic rings. The Kier molecular flexibility index (Phi) is 5.31. The lowest BCUT2D eigenvalue weighted by Gasteiger charge is -2.24. The highest BCUT2D eigenvalue weighted by molar-refractivity contribution is 7.91. The maximum atomic E-state index is 11.5. The fraction of sp³-hybridized carbons (Fsp3) is 0.700. The van der Waals surface area contributed by atoms with Crippen molar-refractivity contribution in [1.29, 1.82) is 0 Å². The van der Waals surface area contributed by atoms with E-state index < -0.39 is 40.3 Å². The van der Waals surface area contributed by atoms with Crippen LogP contribution in [0.15, 0.2) is 0 Å². The molecule has 0 aromatic carbocycles. The number of carbonyl (C=O) groups excluding carboxylic acids is 1.